The summed E-state index contributed by atoms with van der Waals surface area (Å²) in [6.45, 7) is 4.32. The minimum Gasteiger partial charge on any atom is -0.377 e. The van der Waals surface area contributed by atoms with Gasteiger partial charge in [0.2, 0.25) is 0 Å². The van der Waals surface area contributed by atoms with E-state index in [-0.39, 0.29) is 5.69 Å². The molecule has 1 aliphatic heterocycles. The zero-order valence-electron chi connectivity index (χ0n) is 9.01. The summed E-state index contributed by atoms with van der Waals surface area (Å²) >= 11 is 0. The quantitative estimate of drug-likeness (QED) is 0.653. The Kier molecular flexibility index (Phi) is 2.73. The van der Waals surface area contributed by atoms with E-state index >= 15 is 0 Å². The molecule has 0 bridgehead atoms. The summed E-state index contributed by atoms with van der Waals surface area (Å²) in [7, 11) is 1.74. The van der Waals surface area contributed by atoms with Gasteiger partial charge >= 0.3 is 5.69 Å². The third-order valence-electron chi connectivity index (χ3n) is 2.70. The number of nitrogens with zero attached hydrogens (tertiary/aromatic N) is 3. The fourth-order valence-electron chi connectivity index (χ4n) is 1.82. The molecule has 15 heavy (non-hydrogen) atoms. The molecule has 0 N–H and O–H groups in total. The fourth-order valence-corrected chi connectivity index (χ4v) is 1.82. The Morgan fingerprint density at radius 1 is 1.60 bits per heavy atom. The van der Waals surface area contributed by atoms with Gasteiger partial charge in [0, 0.05) is 19.8 Å². The molecule has 0 aliphatic carbocycles. The van der Waals surface area contributed by atoms with E-state index in [0.717, 1.165) is 12.4 Å². The van der Waals surface area contributed by atoms with Crippen LogP contribution in [-0.4, -0.2) is 35.4 Å². The maximum atomic E-state index is 11.4. The number of aromatic nitrogens is 2. The molecule has 1 fully saturated rings. The van der Waals surface area contributed by atoms with E-state index in [1.165, 1.54) is 0 Å². The molecular formula is C10H15N3O2. The van der Waals surface area contributed by atoms with E-state index in [0.29, 0.717) is 19.3 Å². The molecule has 0 spiro atoms. The summed E-state index contributed by atoms with van der Waals surface area (Å²) in [5, 5.41) is 0. The van der Waals surface area contributed by atoms with Gasteiger partial charge in [0.1, 0.15) is 5.82 Å². The molecule has 1 aliphatic rings. The van der Waals surface area contributed by atoms with Crippen molar-refractivity contribution in [2.75, 3.05) is 24.7 Å². The zero-order valence-corrected chi connectivity index (χ0v) is 9.01. The predicted molar refractivity (Wildman–Crippen MR) is 57.1 cm³/mol. The van der Waals surface area contributed by atoms with E-state index in [2.05, 4.69) is 16.8 Å². The predicted octanol–water partition coefficient (Wildman–Crippen LogP) is 0.00540. The highest BCUT2D eigenvalue weighted by Crippen LogP contribution is 2.16. The summed E-state index contributed by atoms with van der Waals surface area (Å²) in [6.07, 6.45) is 1.56. The minimum absolute atomic E-state index is 0.216. The summed E-state index contributed by atoms with van der Waals surface area (Å²) < 4.78 is 6.93. The van der Waals surface area contributed by atoms with Crippen LogP contribution >= 0.6 is 0 Å². The lowest BCUT2D eigenvalue weighted by Crippen LogP contribution is -2.46. The van der Waals surface area contributed by atoms with Gasteiger partial charge in [-0.2, -0.15) is 0 Å². The van der Waals surface area contributed by atoms with Gasteiger partial charge < -0.3 is 9.64 Å². The Morgan fingerprint density at radius 3 is 3.13 bits per heavy atom. The molecule has 5 nitrogen and oxygen atoms in total. The summed E-state index contributed by atoms with van der Waals surface area (Å²) in [5.74, 6) is 0.908. The fraction of sp³-hybridized carbons (Fsp3) is 0.600. The van der Waals surface area contributed by atoms with Gasteiger partial charge in [-0.05, 0) is 13.0 Å². The summed E-state index contributed by atoms with van der Waals surface area (Å²) in [4.78, 5) is 17.3. The van der Waals surface area contributed by atoms with Crippen molar-refractivity contribution >= 4 is 5.82 Å². The highest BCUT2D eigenvalue weighted by atomic mass is 16.5. The molecule has 2 heterocycles. The van der Waals surface area contributed by atoms with Gasteiger partial charge in [-0.25, -0.2) is 9.78 Å². The normalized spacial score (nSPS) is 21.7. The van der Waals surface area contributed by atoms with Gasteiger partial charge in [-0.1, -0.05) is 0 Å². The molecule has 1 unspecified atom stereocenters. The van der Waals surface area contributed by atoms with Gasteiger partial charge in [-0.15, -0.1) is 0 Å². The first kappa shape index (κ1) is 10.2. The maximum Gasteiger partial charge on any atom is 0.348 e. The van der Waals surface area contributed by atoms with E-state index in [9.17, 15) is 4.79 Å². The van der Waals surface area contributed by atoms with E-state index in [1.807, 2.05) is 6.07 Å². The maximum absolute atomic E-state index is 11.4. The average molecular weight is 209 g/mol. The molecule has 1 aromatic rings. The van der Waals surface area contributed by atoms with Crippen LogP contribution in [-0.2, 0) is 11.8 Å². The van der Waals surface area contributed by atoms with Crippen molar-refractivity contribution in [1.82, 2.24) is 9.55 Å². The standard InChI is InChI=1S/C10H15N3O2/c1-8-7-15-6-5-13(8)9-3-4-11-10(14)12(9)2/h3-4,8H,5-7H2,1-2H3. The molecule has 1 aromatic heterocycles. The highest BCUT2D eigenvalue weighted by Gasteiger charge is 2.20. The van der Waals surface area contributed by atoms with E-state index in [1.54, 1.807) is 17.8 Å². The van der Waals surface area contributed by atoms with Crippen molar-refractivity contribution in [1.29, 1.82) is 0 Å². The van der Waals surface area contributed by atoms with Crippen LogP contribution in [0.3, 0.4) is 0 Å². The van der Waals surface area contributed by atoms with Gasteiger partial charge in [0.05, 0.1) is 19.3 Å². The molecular weight excluding hydrogens is 194 g/mol. The Balaban J connectivity index is 2.35. The Morgan fingerprint density at radius 2 is 2.40 bits per heavy atom. The van der Waals surface area contributed by atoms with Crippen LogP contribution in [0, 0.1) is 0 Å². The van der Waals surface area contributed by atoms with E-state index in [4.69, 9.17) is 4.74 Å². The van der Waals surface area contributed by atoms with Crippen LogP contribution in [0.2, 0.25) is 0 Å². The van der Waals surface area contributed by atoms with Gasteiger partial charge in [0.25, 0.3) is 0 Å². The monoisotopic (exact) mass is 209 g/mol. The van der Waals surface area contributed by atoms with Gasteiger partial charge in [0.15, 0.2) is 0 Å². The van der Waals surface area contributed by atoms with Crippen LogP contribution in [0.1, 0.15) is 6.92 Å². The number of rotatable bonds is 1. The lowest BCUT2D eigenvalue weighted by atomic mass is 10.2. The largest absolute Gasteiger partial charge is 0.377 e. The summed E-state index contributed by atoms with van der Waals surface area (Å²) in [5.41, 5.74) is -0.216. The third-order valence-corrected chi connectivity index (χ3v) is 2.70. The van der Waals surface area contributed by atoms with Crippen LogP contribution in [0.15, 0.2) is 17.1 Å². The van der Waals surface area contributed by atoms with Gasteiger partial charge in [-0.3, -0.25) is 4.57 Å². The second kappa shape index (κ2) is 4.02. The molecule has 0 amide bonds. The number of hydrogen-bond donors (Lipinski definition) is 0. The third kappa shape index (κ3) is 1.87. The molecule has 0 aromatic carbocycles. The smallest absolute Gasteiger partial charge is 0.348 e. The Hall–Kier alpha value is -1.36. The SMILES string of the molecule is CC1COCCN1c1ccnc(=O)n1C. The first-order valence-electron chi connectivity index (χ1n) is 5.06. The van der Waals surface area contributed by atoms with Crippen molar-refractivity contribution < 1.29 is 4.74 Å². The van der Waals surface area contributed by atoms with Crippen molar-refractivity contribution in [3.8, 4) is 0 Å². The van der Waals surface area contributed by atoms with Crippen LogP contribution in [0.5, 0.6) is 0 Å². The number of anilines is 1. The number of morpholine rings is 1. The second-order valence-electron chi connectivity index (χ2n) is 3.76. The van der Waals surface area contributed by atoms with Crippen molar-refractivity contribution in [3.63, 3.8) is 0 Å². The molecule has 0 saturated carbocycles. The van der Waals surface area contributed by atoms with E-state index < -0.39 is 0 Å². The van der Waals surface area contributed by atoms with Crippen LogP contribution in [0.4, 0.5) is 5.82 Å². The molecule has 5 heteroatoms. The first-order chi connectivity index (χ1) is 7.20. The molecule has 82 valence electrons. The van der Waals surface area contributed by atoms with Crippen molar-refractivity contribution in [2.45, 2.75) is 13.0 Å². The molecule has 2 rings (SSSR count). The molecule has 1 atom stereocenters. The lowest BCUT2D eigenvalue weighted by molar-refractivity contribution is 0.0981. The van der Waals surface area contributed by atoms with Crippen LogP contribution < -0.4 is 10.6 Å². The minimum atomic E-state index is -0.216. The molecule has 1 saturated heterocycles. The first-order valence-corrected chi connectivity index (χ1v) is 5.06. The number of ether oxygens (including phenoxy) is 1. The Bertz CT molecular complexity index is 402. The highest BCUT2D eigenvalue weighted by molar-refractivity contribution is 5.39. The molecule has 0 radical (unpaired) electrons. The zero-order chi connectivity index (χ0) is 10.8. The van der Waals surface area contributed by atoms with Crippen molar-refractivity contribution in [2.24, 2.45) is 7.05 Å². The lowest BCUT2D eigenvalue weighted by Gasteiger charge is -2.35. The van der Waals surface area contributed by atoms with Crippen LogP contribution in [0.25, 0.3) is 0 Å². The Labute approximate surface area is 88.3 Å². The topological polar surface area (TPSA) is 47.4 Å². The second-order valence-corrected chi connectivity index (χ2v) is 3.76. The number of hydrogen-bond acceptors (Lipinski definition) is 4. The van der Waals surface area contributed by atoms with Crippen molar-refractivity contribution in [3.05, 3.63) is 22.7 Å². The average Bonchev–Trinajstić information content (AvgIpc) is 2.23. The summed E-state index contributed by atoms with van der Waals surface area (Å²) in [6, 6.07) is 2.16.